The van der Waals surface area contributed by atoms with Crippen molar-refractivity contribution in [2.24, 2.45) is 22.7 Å². The monoisotopic (exact) mass is 514 g/mol. The highest BCUT2D eigenvalue weighted by molar-refractivity contribution is 6.03. The first-order valence-electron chi connectivity index (χ1n) is 13.0. The van der Waals surface area contributed by atoms with Crippen molar-refractivity contribution in [2.75, 3.05) is 11.9 Å². The standard InChI is InChI=1S/C27H36F2N6O2/c1-16(2)20-7-9-21(10-8-20)35-14-22(24(34-35)25(28)29)32-26(36)23-15-37-27(33-23)17(3)11-12-30-18(4)31-13-19-5-6-19/h11-12,14-16,19-21,25,31H,4-10,13H2,1-3H3,(H,32,36)/b17-11+,30-12?. The number of aliphatic imine (C=N–C) groups is 1. The van der Waals surface area contributed by atoms with E-state index in [0.717, 1.165) is 38.1 Å². The Bertz CT molecular complexity index is 1150. The number of hydrogen-bond acceptors (Lipinski definition) is 6. The van der Waals surface area contributed by atoms with Crippen molar-refractivity contribution in [1.82, 2.24) is 20.1 Å². The zero-order valence-electron chi connectivity index (χ0n) is 21.7. The van der Waals surface area contributed by atoms with E-state index in [9.17, 15) is 13.6 Å². The molecule has 2 aliphatic carbocycles. The van der Waals surface area contributed by atoms with E-state index in [1.807, 2.05) is 0 Å². The number of nitrogens with zero attached hydrogens (tertiary/aromatic N) is 4. The molecule has 2 aromatic rings. The third-order valence-corrected chi connectivity index (χ3v) is 7.19. The molecule has 0 bridgehead atoms. The summed E-state index contributed by atoms with van der Waals surface area (Å²) in [5.41, 5.74) is 0.189. The Hall–Kier alpha value is -3.30. The average Bonchev–Trinajstić information content (AvgIpc) is 3.39. The zero-order chi connectivity index (χ0) is 26.5. The van der Waals surface area contributed by atoms with Crippen LogP contribution in [0.3, 0.4) is 0 Å². The first-order chi connectivity index (χ1) is 17.7. The fourth-order valence-corrected chi connectivity index (χ4v) is 4.57. The van der Waals surface area contributed by atoms with Crippen LogP contribution in [0, 0.1) is 17.8 Å². The SMILES string of the molecule is C=C(N=C/C=C(\C)c1nc(C(=O)Nc2cn(C3CCC(C(C)C)CC3)nc2C(F)F)co1)NCC1CC1. The fraction of sp³-hybridized carbons (Fsp3) is 0.556. The summed E-state index contributed by atoms with van der Waals surface area (Å²) in [4.78, 5) is 21.2. The molecule has 200 valence electrons. The van der Waals surface area contributed by atoms with Crippen LogP contribution in [0.2, 0.25) is 0 Å². The maximum absolute atomic E-state index is 13.7. The molecule has 2 saturated carbocycles. The summed E-state index contributed by atoms with van der Waals surface area (Å²) in [5, 5.41) is 9.84. The lowest BCUT2D eigenvalue weighted by Crippen LogP contribution is -2.21. The Morgan fingerprint density at radius 1 is 1.27 bits per heavy atom. The van der Waals surface area contributed by atoms with Crippen LogP contribution < -0.4 is 10.6 Å². The summed E-state index contributed by atoms with van der Waals surface area (Å²) in [6.45, 7) is 10.9. The molecule has 0 atom stereocenters. The molecule has 10 heteroatoms. The molecule has 2 fully saturated rings. The van der Waals surface area contributed by atoms with Crippen LogP contribution in [-0.4, -0.2) is 33.4 Å². The van der Waals surface area contributed by atoms with Gasteiger partial charge >= 0.3 is 0 Å². The first kappa shape index (κ1) is 26.8. The molecule has 2 heterocycles. The van der Waals surface area contributed by atoms with Gasteiger partial charge < -0.3 is 15.1 Å². The summed E-state index contributed by atoms with van der Waals surface area (Å²) >= 11 is 0. The molecule has 37 heavy (non-hydrogen) atoms. The van der Waals surface area contributed by atoms with E-state index >= 15 is 0 Å². The maximum Gasteiger partial charge on any atom is 0.284 e. The molecule has 0 saturated heterocycles. The van der Waals surface area contributed by atoms with Crippen molar-refractivity contribution < 1.29 is 18.0 Å². The van der Waals surface area contributed by atoms with Gasteiger partial charge in [0.2, 0.25) is 5.89 Å². The van der Waals surface area contributed by atoms with Gasteiger partial charge in [-0.3, -0.25) is 9.48 Å². The minimum absolute atomic E-state index is 0.00728. The zero-order valence-corrected chi connectivity index (χ0v) is 21.7. The van der Waals surface area contributed by atoms with E-state index < -0.39 is 18.0 Å². The lowest BCUT2D eigenvalue weighted by atomic mass is 9.80. The number of alkyl halides is 2. The second-order valence-corrected chi connectivity index (χ2v) is 10.4. The van der Waals surface area contributed by atoms with Gasteiger partial charge in [-0.2, -0.15) is 5.10 Å². The van der Waals surface area contributed by atoms with Crippen molar-refractivity contribution in [2.45, 2.75) is 71.8 Å². The number of aromatic nitrogens is 3. The Balaban J connectivity index is 1.37. The molecule has 0 radical (unpaired) electrons. The van der Waals surface area contributed by atoms with E-state index in [1.165, 1.54) is 25.3 Å². The van der Waals surface area contributed by atoms with Gasteiger partial charge in [-0.05, 0) is 69.3 Å². The van der Waals surface area contributed by atoms with Gasteiger partial charge in [-0.1, -0.05) is 20.4 Å². The van der Waals surface area contributed by atoms with Gasteiger partial charge in [0, 0.05) is 24.5 Å². The number of rotatable bonds is 11. The Morgan fingerprint density at radius 3 is 2.65 bits per heavy atom. The van der Waals surface area contributed by atoms with Crippen LogP contribution in [0.5, 0.6) is 0 Å². The minimum atomic E-state index is -2.81. The molecular formula is C27H36F2N6O2. The number of nitrogens with one attached hydrogen (secondary N) is 2. The van der Waals surface area contributed by atoms with E-state index in [-0.39, 0.29) is 23.3 Å². The summed E-state index contributed by atoms with van der Waals surface area (Å²) in [5.74, 6) is 2.15. The minimum Gasteiger partial charge on any atom is -0.444 e. The molecule has 0 aliphatic heterocycles. The molecule has 0 unspecified atom stereocenters. The molecule has 4 rings (SSSR count). The van der Waals surface area contributed by atoms with E-state index in [0.29, 0.717) is 23.2 Å². The van der Waals surface area contributed by atoms with Gasteiger partial charge in [-0.15, -0.1) is 0 Å². The normalized spacial score (nSPS) is 20.7. The van der Waals surface area contributed by atoms with Crippen LogP contribution in [0.25, 0.3) is 5.57 Å². The lowest BCUT2D eigenvalue weighted by Gasteiger charge is -2.30. The number of hydrogen-bond donors (Lipinski definition) is 2. The van der Waals surface area contributed by atoms with Crippen LogP contribution >= 0.6 is 0 Å². The quantitative estimate of drug-likeness (QED) is 0.339. The lowest BCUT2D eigenvalue weighted by molar-refractivity contribution is 0.102. The fourth-order valence-electron chi connectivity index (χ4n) is 4.57. The number of halogens is 2. The Labute approximate surface area is 216 Å². The van der Waals surface area contributed by atoms with Gasteiger partial charge in [0.05, 0.1) is 11.7 Å². The second kappa shape index (κ2) is 11.8. The van der Waals surface area contributed by atoms with Gasteiger partial charge in [-0.25, -0.2) is 18.8 Å². The topological polar surface area (TPSA) is 97.3 Å². The smallest absolute Gasteiger partial charge is 0.284 e. The summed E-state index contributed by atoms with van der Waals surface area (Å²) in [7, 11) is 0. The van der Waals surface area contributed by atoms with Crippen LogP contribution in [0.4, 0.5) is 14.5 Å². The number of oxazole rings is 1. The number of carbonyl (C=O) groups is 1. The number of allylic oxidation sites excluding steroid dienone is 2. The Morgan fingerprint density at radius 2 is 2.00 bits per heavy atom. The summed E-state index contributed by atoms with van der Waals surface area (Å²) in [6.07, 6.45) is 9.51. The van der Waals surface area contributed by atoms with Gasteiger partial charge in [0.25, 0.3) is 12.3 Å². The van der Waals surface area contributed by atoms with Gasteiger partial charge in [0.1, 0.15) is 12.1 Å². The summed E-state index contributed by atoms with van der Waals surface area (Å²) < 4.78 is 34.4. The largest absolute Gasteiger partial charge is 0.444 e. The highest BCUT2D eigenvalue weighted by Crippen LogP contribution is 2.37. The first-order valence-corrected chi connectivity index (χ1v) is 13.0. The van der Waals surface area contributed by atoms with Crippen molar-refractivity contribution in [3.8, 4) is 0 Å². The molecule has 0 aromatic carbocycles. The van der Waals surface area contributed by atoms with Crippen molar-refractivity contribution in [3.05, 3.63) is 48.2 Å². The maximum atomic E-state index is 13.7. The predicted molar refractivity (Wildman–Crippen MR) is 139 cm³/mol. The van der Waals surface area contributed by atoms with Crippen LogP contribution in [0.15, 0.2) is 40.3 Å². The van der Waals surface area contributed by atoms with Gasteiger partial charge in [0.15, 0.2) is 11.4 Å². The molecular weight excluding hydrogens is 478 g/mol. The molecule has 2 aromatic heterocycles. The third-order valence-electron chi connectivity index (χ3n) is 7.19. The van der Waals surface area contributed by atoms with Crippen molar-refractivity contribution >= 4 is 23.4 Å². The highest BCUT2D eigenvalue weighted by Gasteiger charge is 2.28. The molecule has 1 amide bonds. The molecule has 8 nitrogen and oxygen atoms in total. The van der Waals surface area contributed by atoms with E-state index in [4.69, 9.17) is 4.42 Å². The molecule has 2 N–H and O–H groups in total. The predicted octanol–water partition coefficient (Wildman–Crippen LogP) is 6.39. The van der Waals surface area contributed by atoms with E-state index in [1.54, 1.807) is 23.9 Å². The van der Waals surface area contributed by atoms with E-state index in [2.05, 4.69) is 46.1 Å². The van der Waals surface area contributed by atoms with Crippen LogP contribution in [-0.2, 0) is 0 Å². The second-order valence-electron chi connectivity index (χ2n) is 10.4. The molecule has 2 aliphatic rings. The number of carbonyl (C=O) groups excluding carboxylic acids is 1. The number of anilines is 1. The third kappa shape index (κ3) is 7.14. The average molecular weight is 515 g/mol. The summed E-state index contributed by atoms with van der Waals surface area (Å²) in [6, 6.07) is 0.0474. The number of amides is 1. The molecule has 0 spiro atoms. The Kier molecular flexibility index (Phi) is 8.56. The highest BCUT2D eigenvalue weighted by atomic mass is 19.3. The van der Waals surface area contributed by atoms with Crippen molar-refractivity contribution in [3.63, 3.8) is 0 Å². The van der Waals surface area contributed by atoms with Crippen molar-refractivity contribution in [1.29, 1.82) is 0 Å². The van der Waals surface area contributed by atoms with Crippen LogP contribution in [0.1, 0.15) is 93.8 Å².